The predicted octanol–water partition coefficient (Wildman–Crippen LogP) is 2.37. The molecule has 0 aromatic carbocycles. The van der Waals surface area contributed by atoms with E-state index >= 15 is 0 Å². The average molecular weight is 438 g/mol. The summed E-state index contributed by atoms with van der Waals surface area (Å²) in [6, 6.07) is 5.82. The quantitative estimate of drug-likeness (QED) is 0.410. The fourth-order valence-corrected chi connectivity index (χ4v) is 3.58. The van der Waals surface area contributed by atoms with Crippen molar-refractivity contribution in [1.82, 2.24) is 29.5 Å². The molecule has 4 heterocycles. The zero-order valence-electron chi connectivity index (χ0n) is 16.8. The molecule has 4 aromatic heterocycles. The monoisotopic (exact) mass is 438 g/mol. The van der Waals surface area contributed by atoms with Crippen LogP contribution < -0.4 is 5.32 Å². The highest BCUT2D eigenvalue weighted by molar-refractivity contribution is 7.99. The molecule has 0 aliphatic carbocycles. The van der Waals surface area contributed by atoms with Gasteiger partial charge in [-0.05, 0) is 31.5 Å². The molecule has 1 N–H and O–H groups in total. The van der Waals surface area contributed by atoms with Gasteiger partial charge in [0.15, 0.2) is 0 Å². The lowest BCUT2D eigenvalue weighted by Crippen LogP contribution is -2.18. The summed E-state index contributed by atoms with van der Waals surface area (Å²) in [4.78, 5) is 16.5. The third-order valence-electron chi connectivity index (χ3n) is 4.63. The van der Waals surface area contributed by atoms with Gasteiger partial charge in [0, 0.05) is 5.69 Å². The van der Waals surface area contributed by atoms with Gasteiger partial charge in [-0.15, -0.1) is 10.2 Å². The van der Waals surface area contributed by atoms with Crippen molar-refractivity contribution in [3.63, 3.8) is 0 Å². The lowest BCUT2D eigenvalue weighted by atomic mass is 10.2. The third-order valence-corrected chi connectivity index (χ3v) is 5.45. The molecule has 31 heavy (non-hydrogen) atoms. The second-order valence-corrected chi connectivity index (χ2v) is 7.53. The van der Waals surface area contributed by atoms with Gasteiger partial charge in [-0.1, -0.05) is 11.8 Å². The van der Waals surface area contributed by atoms with Crippen LogP contribution in [-0.2, 0) is 17.9 Å². The lowest BCUT2D eigenvalue weighted by molar-refractivity contribution is -0.113. The van der Waals surface area contributed by atoms with Crippen LogP contribution in [0, 0.1) is 25.2 Å². The molecule has 0 saturated carbocycles. The molecule has 0 aliphatic heterocycles. The summed E-state index contributed by atoms with van der Waals surface area (Å²) in [5.41, 5.74) is 2.12. The van der Waals surface area contributed by atoms with Gasteiger partial charge in [0.2, 0.25) is 11.8 Å². The summed E-state index contributed by atoms with van der Waals surface area (Å²) in [5.74, 6) is 1.27. The number of nitriles is 1. The molecule has 4 rings (SSSR count). The Morgan fingerprint density at radius 1 is 1.32 bits per heavy atom. The predicted molar refractivity (Wildman–Crippen MR) is 109 cm³/mol. The van der Waals surface area contributed by atoms with E-state index in [1.54, 1.807) is 23.3 Å². The lowest BCUT2D eigenvalue weighted by Gasteiger charge is -2.11. The summed E-state index contributed by atoms with van der Waals surface area (Å²) in [5, 5.41) is 24.6. The van der Waals surface area contributed by atoms with E-state index in [1.807, 2.05) is 24.5 Å². The van der Waals surface area contributed by atoms with E-state index in [-0.39, 0.29) is 16.9 Å². The maximum absolute atomic E-state index is 12.6. The highest BCUT2D eigenvalue weighted by atomic mass is 32.2. The molecule has 0 atom stereocenters. The van der Waals surface area contributed by atoms with Crippen molar-refractivity contribution in [3.05, 3.63) is 59.5 Å². The van der Waals surface area contributed by atoms with Gasteiger partial charge in [0.05, 0.1) is 24.1 Å². The van der Waals surface area contributed by atoms with E-state index in [4.69, 9.17) is 8.83 Å². The molecule has 0 aliphatic rings. The summed E-state index contributed by atoms with van der Waals surface area (Å²) in [7, 11) is 0. The number of carbonyl (C=O) groups excluding carboxylic acids is 1. The van der Waals surface area contributed by atoms with Crippen molar-refractivity contribution in [3.8, 4) is 6.07 Å². The van der Waals surface area contributed by atoms with Crippen LogP contribution in [0.3, 0.4) is 0 Å². The van der Waals surface area contributed by atoms with Crippen molar-refractivity contribution < 1.29 is 13.6 Å². The van der Waals surface area contributed by atoms with Gasteiger partial charge in [-0.2, -0.15) is 10.4 Å². The Labute approximate surface area is 181 Å². The highest BCUT2D eigenvalue weighted by Gasteiger charge is 2.21. The van der Waals surface area contributed by atoms with Crippen molar-refractivity contribution in [2.75, 3.05) is 11.1 Å². The number of furan rings is 1. The number of hydrogen-bond donors (Lipinski definition) is 1. The normalized spacial score (nSPS) is 10.9. The molecule has 12 heteroatoms. The van der Waals surface area contributed by atoms with Gasteiger partial charge in [-0.25, -0.2) is 9.67 Å². The SMILES string of the molecule is Cc1c(C#N)c(NC(=O)CSc2nnc(Cn3cncn3)o2)n(Cc2ccco2)c1C. The average Bonchev–Trinajstić information content (AvgIpc) is 3.55. The molecular formula is C19H18N8O3S. The fourth-order valence-electron chi connectivity index (χ4n) is 3.00. The van der Waals surface area contributed by atoms with Crippen LogP contribution in [0.1, 0.15) is 28.5 Å². The van der Waals surface area contributed by atoms with Crippen LogP contribution >= 0.6 is 11.8 Å². The number of aromatic nitrogens is 6. The van der Waals surface area contributed by atoms with Crippen LogP contribution in [0.5, 0.6) is 0 Å². The number of anilines is 1. The number of nitrogens with zero attached hydrogens (tertiary/aromatic N) is 7. The second-order valence-electron chi connectivity index (χ2n) is 6.60. The smallest absolute Gasteiger partial charge is 0.277 e. The molecule has 4 aromatic rings. The van der Waals surface area contributed by atoms with Crippen molar-refractivity contribution >= 4 is 23.5 Å². The summed E-state index contributed by atoms with van der Waals surface area (Å²) in [6.07, 6.45) is 4.54. The maximum atomic E-state index is 12.6. The largest absolute Gasteiger partial charge is 0.467 e. The molecule has 0 bridgehead atoms. The van der Waals surface area contributed by atoms with E-state index in [9.17, 15) is 10.1 Å². The van der Waals surface area contributed by atoms with Crippen LogP contribution in [0.4, 0.5) is 5.82 Å². The molecule has 0 saturated heterocycles. The zero-order valence-corrected chi connectivity index (χ0v) is 17.6. The molecule has 0 spiro atoms. The van der Waals surface area contributed by atoms with E-state index in [1.165, 1.54) is 6.33 Å². The zero-order chi connectivity index (χ0) is 21.8. The Morgan fingerprint density at radius 2 is 2.19 bits per heavy atom. The Morgan fingerprint density at radius 3 is 2.90 bits per heavy atom. The van der Waals surface area contributed by atoms with Crippen LogP contribution in [0.15, 0.2) is 45.1 Å². The Balaban J connectivity index is 1.43. The first kappa shape index (κ1) is 20.4. The van der Waals surface area contributed by atoms with Crippen molar-refractivity contribution in [2.24, 2.45) is 0 Å². The van der Waals surface area contributed by atoms with Crippen molar-refractivity contribution in [1.29, 1.82) is 5.26 Å². The van der Waals surface area contributed by atoms with Gasteiger partial charge in [0.1, 0.15) is 36.8 Å². The summed E-state index contributed by atoms with van der Waals surface area (Å²) in [6.45, 7) is 4.45. The van der Waals surface area contributed by atoms with Gasteiger partial charge < -0.3 is 18.7 Å². The standard InChI is InChI=1S/C19H18N8O3S/c1-12-13(2)27(7-14-4-3-5-29-14)18(15(12)6-20)23-16(28)9-31-19-25-24-17(30-19)8-26-11-21-10-22-26/h3-5,10-11H,7-9H2,1-2H3,(H,23,28). The van der Waals surface area contributed by atoms with Crippen LogP contribution in [0.25, 0.3) is 0 Å². The summed E-state index contributed by atoms with van der Waals surface area (Å²) >= 11 is 1.11. The number of nitrogens with one attached hydrogen (secondary N) is 1. The van der Waals surface area contributed by atoms with Crippen LogP contribution in [-0.4, -0.2) is 41.2 Å². The number of thioether (sulfide) groups is 1. The first-order valence-electron chi connectivity index (χ1n) is 9.24. The molecule has 0 unspecified atom stereocenters. The Kier molecular flexibility index (Phi) is 5.85. The van der Waals surface area contributed by atoms with E-state index < -0.39 is 0 Å². The maximum Gasteiger partial charge on any atom is 0.277 e. The molecular weight excluding hydrogens is 420 g/mol. The molecule has 11 nitrogen and oxygen atoms in total. The minimum atomic E-state index is -0.296. The van der Waals surface area contributed by atoms with Crippen LogP contribution in [0.2, 0.25) is 0 Å². The van der Waals surface area contributed by atoms with E-state index in [2.05, 4.69) is 31.7 Å². The first-order chi connectivity index (χ1) is 15.0. The minimum absolute atomic E-state index is 0.0415. The Bertz CT molecular complexity index is 1220. The van der Waals surface area contributed by atoms with E-state index in [0.717, 1.165) is 28.8 Å². The van der Waals surface area contributed by atoms with Gasteiger partial charge in [0.25, 0.3) is 5.22 Å². The molecule has 0 radical (unpaired) electrons. The summed E-state index contributed by atoms with van der Waals surface area (Å²) < 4.78 is 14.4. The number of amides is 1. The van der Waals surface area contributed by atoms with Gasteiger partial charge in [-0.3, -0.25) is 4.79 Å². The number of carbonyl (C=O) groups is 1. The molecule has 0 fully saturated rings. The Hall–Kier alpha value is -3.85. The topological polar surface area (TPSA) is 141 Å². The third kappa shape index (κ3) is 4.51. The second kappa shape index (κ2) is 8.88. The number of rotatable bonds is 8. The highest BCUT2D eigenvalue weighted by Crippen LogP contribution is 2.28. The fraction of sp³-hybridized carbons (Fsp3) is 0.263. The molecule has 1 amide bonds. The first-order valence-corrected chi connectivity index (χ1v) is 10.2. The minimum Gasteiger partial charge on any atom is -0.467 e. The van der Waals surface area contributed by atoms with Gasteiger partial charge >= 0.3 is 0 Å². The van der Waals surface area contributed by atoms with E-state index in [0.29, 0.717) is 30.4 Å². The van der Waals surface area contributed by atoms with Crippen molar-refractivity contribution in [2.45, 2.75) is 32.2 Å². The molecule has 158 valence electrons. The number of hydrogen-bond acceptors (Lipinski definition) is 9.